The number of ether oxygens (including phenoxy) is 1. The highest BCUT2D eigenvalue weighted by Crippen LogP contribution is 2.23. The summed E-state index contributed by atoms with van der Waals surface area (Å²) in [4.78, 5) is 38.2. The Hall–Kier alpha value is -2.37. The van der Waals surface area contributed by atoms with E-state index < -0.39 is 12.1 Å². The van der Waals surface area contributed by atoms with Crippen LogP contribution in [0.3, 0.4) is 0 Å². The second-order valence-electron chi connectivity index (χ2n) is 6.56. The average Bonchev–Trinajstić information content (AvgIpc) is 2.60. The standard InChI is InChI=1S/C19H26N2O4/c1-13-8-7-9-14(2)21(13)19(24)15(3)25-17(22)12-20-18(23)16-10-5-4-6-11-16/h4-6,10-11,13-15H,7-9,12H2,1-3H3,(H,20,23)/t13-,14-,15-/m1/s1. The Morgan fingerprint density at radius 2 is 1.76 bits per heavy atom. The van der Waals surface area contributed by atoms with Gasteiger partial charge in [-0.05, 0) is 52.2 Å². The molecule has 1 heterocycles. The topological polar surface area (TPSA) is 75.7 Å². The number of carbonyl (C=O) groups is 3. The predicted octanol–water partition coefficient (Wildman–Crippen LogP) is 2.14. The third-order valence-corrected chi connectivity index (χ3v) is 4.53. The molecule has 1 aromatic rings. The molecule has 2 rings (SSSR count). The van der Waals surface area contributed by atoms with E-state index >= 15 is 0 Å². The lowest BCUT2D eigenvalue weighted by Crippen LogP contribution is -2.51. The smallest absolute Gasteiger partial charge is 0.326 e. The van der Waals surface area contributed by atoms with Crippen molar-refractivity contribution >= 4 is 17.8 Å². The van der Waals surface area contributed by atoms with E-state index in [1.165, 1.54) is 0 Å². The quantitative estimate of drug-likeness (QED) is 0.829. The molecule has 0 radical (unpaired) electrons. The molecule has 1 N–H and O–H groups in total. The van der Waals surface area contributed by atoms with Crippen LogP contribution in [0.15, 0.2) is 30.3 Å². The number of benzene rings is 1. The van der Waals surface area contributed by atoms with Gasteiger partial charge in [-0.1, -0.05) is 18.2 Å². The fraction of sp³-hybridized carbons (Fsp3) is 0.526. The molecule has 0 bridgehead atoms. The molecule has 0 spiro atoms. The first-order valence-corrected chi connectivity index (χ1v) is 8.75. The van der Waals surface area contributed by atoms with Crippen molar-refractivity contribution < 1.29 is 19.1 Å². The minimum atomic E-state index is -0.857. The molecule has 1 aliphatic rings. The highest BCUT2D eigenvalue weighted by atomic mass is 16.5. The van der Waals surface area contributed by atoms with E-state index in [0.717, 1.165) is 19.3 Å². The summed E-state index contributed by atoms with van der Waals surface area (Å²) < 4.78 is 5.20. The number of carbonyl (C=O) groups excluding carboxylic acids is 3. The molecule has 6 heteroatoms. The zero-order valence-corrected chi connectivity index (χ0v) is 15.0. The van der Waals surface area contributed by atoms with E-state index in [2.05, 4.69) is 5.32 Å². The van der Waals surface area contributed by atoms with Crippen molar-refractivity contribution in [3.05, 3.63) is 35.9 Å². The van der Waals surface area contributed by atoms with Gasteiger partial charge in [0.1, 0.15) is 6.54 Å². The largest absolute Gasteiger partial charge is 0.451 e. The molecule has 1 fully saturated rings. The van der Waals surface area contributed by atoms with Crippen LogP contribution in [0.2, 0.25) is 0 Å². The summed E-state index contributed by atoms with van der Waals surface area (Å²) in [6.07, 6.45) is 2.17. The van der Waals surface area contributed by atoms with Crippen LogP contribution >= 0.6 is 0 Å². The number of rotatable bonds is 5. The second-order valence-corrected chi connectivity index (χ2v) is 6.56. The van der Waals surface area contributed by atoms with Gasteiger partial charge in [0.15, 0.2) is 6.10 Å². The Morgan fingerprint density at radius 3 is 2.36 bits per heavy atom. The number of amides is 2. The zero-order valence-electron chi connectivity index (χ0n) is 15.0. The van der Waals surface area contributed by atoms with E-state index in [1.54, 1.807) is 37.3 Å². The van der Waals surface area contributed by atoms with Gasteiger partial charge >= 0.3 is 5.97 Å². The molecular formula is C19H26N2O4. The van der Waals surface area contributed by atoms with Crippen LogP contribution in [0.1, 0.15) is 50.4 Å². The summed E-state index contributed by atoms with van der Waals surface area (Å²) in [6, 6.07) is 8.91. The SMILES string of the molecule is C[C@@H]1CCC[C@@H](C)N1C(=O)[C@@H](C)OC(=O)CNC(=O)c1ccccc1. The highest BCUT2D eigenvalue weighted by molar-refractivity contribution is 5.96. The molecule has 0 saturated carbocycles. The lowest BCUT2D eigenvalue weighted by atomic mass is 9.97. The minimum Gasteiger partial charge on any atom is -0.451 e. The van der Waals surface area contributed by atoms with Gasteiger partial charge in [0.25, 0.3) is 11.8 Å². The van der Waals surface area contributed by atoms with Gasteiger partial charge in [0.2, 0.25) is 0 Å². The van der Waals surface area contributed by atoms with Crippen LogP contribution in [0, 0.1) is 0 Å². The summed E-state index contributed by atoms with van der Waals surface area (Å²) in [5, 5.41) is 2.50. The Balaban J connectivity index is 1.83. The molecule has 1 aliphatic heterocycles. The number of likely N-dealkylation sites (tertiary alicyclic amines) is 1. The number of hydrogen-bond donors (Lipinski definition) is 1. The van der Waals surface area contributed by atoms with Gasteiger partial charge in [0.05, 0.1) is 0 Å². The van der Waals surface area contributed by atoms with Crippen LogP contribution in [-0.2, 0) is 14.3 Å². The molecule has 3 atom stereocenters. The lowest BCUT2D eigenvalue weighted by molar-refractivity contribution is -0.161. The third kappa shape index (κ3) is 5.05. The first-order chi connectivity index (χ1) is 11.9. The van der Waals surface area contributed by atoms with Crippen LogP contribution in [0.4, 0.5) is 0 Å². The Kier molecular flexibility index (Phi) is 6.56. The van der Waals surface area contributed by atoms with E-state index in [0.29, 0.717) is 5.56 Å². The Labute approximate surface area is 148 Å². The van der Waals surface area contributed by atoms with Crippen molar-refractivity contribution in [2.75, 3.05) is 6.54 Å². The maximum atomic E-state index is 12.6. The Morgan fingerprint density at radius 1 is 1.16 bits per heavy atom. The first kappa shape index (κ1) is 19.0. The normalized spacial score (nSPS) is 21.3. The lowest BCUT2D eigenvalue weighted by Gasteiger charge is -2.40. The zero-order chi connectivity index (χ0) is 18.4. The second kappa shape index (κ2) is 8.65. The summed E-state index contributed by atoms with van der Waals surface area (Å²) >= 11 is 0. The summed E-state index contributed by atoms with van der Waals surface area (Å²) in [5.41, 5.74) is 0.468. The van der Waals surface area contributed by atoms with Crippen LogP contribution in [-0.4, -0.2) is 47.4 Å². The van der Waals surface area contributed by atoms with Gasteiger partial charge in [-0.25, -0.2) is 0 Å². The maximum absolute atomic E-state index is 12.6. The fourth-order valence-electron chi connectivity index (χ4n) is 3.20. The predicted molar refractivity (Wildman–Crippen MR) is 94.0 cm³/mol. The van der Waals surface area contributed by atoms with Crippen molar-refractivity contribution in [1.29, 1.82) is 0 Å². The van der Waals surface area contributed by atoms with Crippen molar-refractivity contribution in [2.24, 2.45) is 0 Å². The molecule has 0 aliphatic carbocycles. The molecule has 1 saturated heterocycles. The van der Waals surface area contributed by atoms with E-state index in [1.807, 2.05) is 18.7 Å². The minimum absolute atomic E-state index is 0.148. The van der Waals surface area contributed by atoms with Gasteiger partial charge in [-0.2, -0.15) is 0 Å². The van der Waals surface area contributed by atoms with Crippen molar-refractivity contribution in [2.45, 2.75) is 58.2 Å². The molecule has 0 aromatic heterocycles. The van der Waals surface area contributed by atoms with Gasteiger partial charge < -0.3 is 15.0 Å². The van der Waals surface area contributed by atoms with Gasteiger partial charge in [0, 0.05) is 17.6 Å². The third-order valence-electron chi connectivity index (χ3n) is 4.53. The summed E-state index contributed by atoms with van der Waals surface area (Å²) in [5.74, 6) is -1.15. The first-order valence-electron chi connectivity index (χ1n) is 8.75. The molecule has 1 aromatic carbocycles. The van der Waals surface area contributed by atoms with Crippen LogP contribution in [0.5, 0.6) is 0 Å². The van der Waals surface area contributed by atoms with Gasteiger partial charge in [-0.15, -0.1) is 0 Å². The van der Waals surface area contributed by atoms with E-state index in [9.17, 15) is 14.4 Å². The molecule has 6 nitrogen and oxygen atoms in total. The van der Waals surface area contributed by atoms with Crippen LogP contribution < -0.4 is 5.32 Å². The molecule has 0 unspecified atom stereocenters. The fourth-order valence-corrected chi connectivity index (χ4v) is 3.20. The highest BCUT2D eigenvalue weighted by Gasteiger charge is 2.33. The number of hydrogen-bond acceptors (Lipinski definition) is 4. The van der Waals surface area contributed by atoms with Crippen molar-refractivity contribution in [3.8, 4) is 0 Å². The van der Waals surface area contributed by atoms with Gasteiger partial charge in [-0.3, -0.25) is 14.4 Å². The number of nitrogens with zero attached hydrogens (tertiary/aromatic N) is 1. The molecule has 2 amide bonds. The van der Waals surface area contributed by atoms with Crippen molar-refractivity contribution in [3.63, 3.8) is 0 Å². The maximum Gasteiger partial charge on any atom is 0.326 e. The number of esters is 1. The van der Waals surface area contributed by atoms with E-state index in [4.69, 9.17) is 4.74 Å². The molecule has 25 heavy (non-hydrogen) atoms. The van der Waals surface area contributed by atoms with Crippen LogP contribution in [0.25, 0.3) is 0 Å². The molecule has 136 valence electrons. The monoisotopic (exact) mass is 346 g/mol. The average molecular weight is 346 g/mol. The number of piperidine rings is 1. The van der Waals surface area contributed by atoms with Crippen molar-refractivity contribution in [1.82, 2.24) is 10.2 Å². The summed E-state index contributed by atoms with van der Waals surface area (Å²) in [6.45, 7) is 5.34. The van der Waals surface area contributed by atoms with E-state index in [-0.39, 0.29) is 30.4 Å². The Bertz CT molecular complexity index is 607. The summed E-state index contributed by atoms with van der Waals surface area (Å²) in [7, 11) is 0. The molecular weight excluding hydrogens is 320 g/mol. The number of nitrogens with one attached hydrogen (secondary N) is 1.